The maximum atomic E-state index is 13.0. The van der Waals surface area contributed by atoms with Gasteiger partial charge in [-0.05, 0) is 43.3 Å². The fourth-order valence-corrected chi connectivity index (χ4v) is 6.95. The van der Waals surface area contributed by atoms with E-state index in [4.69, 9.17) is 46.4 Å². The monoisotopic (exact) mass is 516 g/mol. The minimum atomic E-state index is -3.87. The lowest BCUT2D eigenvalue weighted by Crippen LogP contribution is -2.55. The van der Waals surface area contributed by atoms with Crippen molar-refractivity contribution in [3.05, 3.63) is 56.5 Å². The molecule has 2 aromatic rings. The number of hydrogen-bond acceptors (Lipinski definition) is 4. The van der Waals surface area contributed by atoms with Gasteiger partial charge in [0, 0.05) is 25.7 Å². The molecule has 1 unspecified atom stereocenters. The normalized spacial score (nSPS) is 19.4. The standard InChI is InChI=1S/C17H16Cl4N2O4S2/c1-11-10-22(28(24,25)12-2-4-14(18)16(20)8-12)6-7-23(11)29(26,27)13-3-5-15(19)17(21)9-13/h2-5,8-9,11H,6-7,10H2,1H3. The first kappa shape index (κ1) is 23.1. The van der Waals surface area contributed by atoms with E-state index in [0.717, 1.165) is 0 Å². The van der Waals surface area contributed by atoms with E-state index in [0.29, 0.717) is 0 Å². The SMILES string of the molecule is CC1CN(S(=O)(=O)c2ccc(Cl)c(Cl)c2)CCN1S(=O)(=O)c1ccc(Cl)c(Cl)c1. The predicted octanol–water partition coefficient (Wildman–Crippen LogP) is 4.38. The highest BCUT2D eigenvalue weighted by Crippen LogP contribution is 2.30. The number of piperazine rings is 1. The lowest BCUT2D eigenvalue weighted by atomic mass is 10.3. The van der Waals surface area contributed by atoms with Gasteiger partial charge >= 0.3 is 0 Å². The second kappa shape index (κ2) is 8.51. The van der Waals surface area contributed by atoms with Crippen LogP contribution in [0.1, 0.15) is 6.92 Å². The summed E-state index contributed by atoms with van der Waals surface area (Å²) in [7, 11) is -7.72. The van der Waals surface area contributed by atoms with Gasteiger partial charge in [0.05, 0.1) is 29.9 Å². The third kappa shape index (κ3) is 4.55. The van der Waals surface area contributed by atoms with Crippen molar-refractivity contribution >= 4 is 66.5 Å². The molecular weight excluding hydrogens is 502 g/mol. The smallest absolute Gasteiger partial charge is 0.207 e. The Labute approximate surface area is 190 Å². The molecule has 1 fully saturated rings. The molecule has 0 saturated carbocycles. The van der Waals surface area contributed by atoms with Crippen LogP contribution in [0.3, 0.4) is 0 Å². The largest absolute Gasteiger partial charge is 0.243 e. The van der Waals surface area contributed by atoms with Crippen LogP contribution in [0.2, 0.25) is 20.1 Å². The number of nitrogens with zero attached hydrogens (tertiary/aromatic N) is 2. The maximum Gasteiger partial charge on any atom is 0.243 e. The molecule has 0 spiro atoms. The van der Waals surface area contributed by atoms with E-state index in [1.165, 1.54) is 45.0 Å². The average molecular weight is 518 g/mol. The first-order valence-corrected chi connectivity index (χ1v) is 12.8. The van der Waals surface area contributed by atoms with Crippen molar-refractivity contribution in [3.8, 4) is 0 Å². The second-order valence-corrected chi connectivity index (χ2v) is 11.9. The lowest BCUT2D eigenvalue weighted by Gasteiger charge is -2.38. The molecule has 1 aliphatic heterocycles. The molecule has 1 heterocycles. The summed E-state index contributed by atoms with van der Waals surface area (Å²) in [4.78, 5) is -0.000527. The quantitative estimate of drug-likeness (QED) is 0.603. The van der Waals surface area contributed by atoms with Gasteiger partial charge in [0.15, 0.2) is 0 Å². The Hall–Kier alpha value is -0.580. The minimum Gasteiger partial charge on any atom is -0.207 e. The Morgan fingerprint density at radius 2 is 1.24 bits per heavy atom. The molecule has 1 saturated heterocycles. The number of sulfonamides is 2. The summed E-state index contributed by atoms with van der Waals surface area (Å²) in [6.45, 7) is 1.62. The van der Waals surface area contributed by atoms with Crippen molar-refractivity contribution in [3.63, 3.8) is 0 Å². The predicted molar refractivity (Wildman–Crippen MR) is 115 cm³/mol. The van der Waals surface area contributed by atoms with Crippen LogP contribution < -0.4 is 0 Å². The van der Waals surface area contributed by atoms with Crippen molar-refractivity contribution in [2.75, 3.05) is 19.6 Å². The fraction of sp³-hybridized carbons (Fsp3) is 0.294. The topological polar surface area (TPSA) is 74.8 Å². The summed E-state index contributed by atoms with van der Waals surface area (Å²) in [5, 5.41) is 0.746. The van der Waals surface area contributed by atoms with Gasteiger partial charge in [0.2, 0.25) is 20.0 Å². The zero-order valence-electron chi connectivity index (χ0n) is 15.0. The van der Waals surface area contributed by atoms with Gasteiger partial charge in [0.1, 0.15) is 0 Å². The molecule has 0 aliphatic carbocycles. The Morgan fingerprint density at radius 3 is 1.69 bits per heavy atom. The molecule has 29 heavy (non-hydrogen) atoms. The van der Waals surface area contributed by atoms with Crippen molar-refractivity contribution in [1.82, 2.24) is 8.61 Å². The Bertz CT molecular complexity index is 1160. The van der Waals surface area contributed by atoms with E-state index >= 15 is 0 Å². The van der Waals surface area contributed by atoms with Gasteiger partial charge in [0.25, 0.3) is 0 Å². The van der Waals surface area contributed by atoms with Gasteiger partial charge in [-0.15, -0.1) is 0 Å². The van der Waals surface area contributed by atoms with Crippen LogP contribution in [0, 0.1) is 0 Å². The molecule has 0 amide bonds. The first-order chi connectivity index (χ1) is 13.4. The maximum absolute atomic E-state index is 13.0. The van der Waals surface area contributed by atoms with Gasteiger partial charge < -0.3 is 0 Å². The summed E-state index contributed by atoms with van der Waals surface area (Å²) in [6, 6.07) is 7.52. The summed E-state index contributed by atoms with van der Waals surface area (Å²) < 4.78 is 54.3. The van der Waals surface area contributed by atoms with Crippen molar-refractivity contribution < 1.29 is 16.8 Å². The van der Waals surface area contributed by atoms with Crippen LogP contribution in [0.5, 0.6) is 0 Å². The zero-order chi connectivity index (χ0) is 21.6. The second-order valence-electron chi connectivity index (χ2n) is 6.48. The summed E-state index contributed by atoms with van der Waals surface area (Å²) in [5.41, 5.74) is 0. The highest BCUT2D eigenvalue weighted by Gasteiger charge is 2.38. The van der Waals surface area contributed by atoms with E-state index < -0.39 is 26.1 Å². The third-order valence-electron chi connectivity index (χ3n) is 4.56. The van der Waals surface area contributed by atoms with Crippen LogP contribution in [-0.2, 0) is 20.0 Å². The van der Waals surface area contributed by atoms with Crippen LogP contribution >= 0.6 is 46.4 Å². The Kier molecular flexibility index (Phi) is 6.78. The molecule has 3 rings (SSSR count). The zero-order valence-corrected chi connectivity index (χ0v) is 19.7. The number of hydrogen-bond donors (Lipinski definition) is 0. The van der Waals surface area contributed by atoms with E-state index in [9.17, 15) is 16.8 Å². The van der Waals surface area contributed by atoms with E-state index in [1.807, 2.05) is 0 Å². The minimum absolute atomic E-state index is 0.000102. The third-order valence-corrected chi connectivity index (χ3v) is 9.90. The highest BCUT2D eigenvalue weighted by molar-refractivity contribution is 7.89. The van der Waals surface area contributed by atoms with Crippen LogP contribution in [-0.4, -0.2) is 51.1 Å². The molecule has 0 radical (unpaired) electrons. The van der Waals surface area contributed by atoms with Crippen molar-refractivity contribution in [1.29, 1.82) is 0 Å². The summed E-state index contributed by atoms with van der Waals surface area (Å²) >= 11 is 23.6. The molecule has 1 aliphatic rings. The molecular formula is C17H16Cl4N2O4S2. The van der Waals surface area contributed by atoms with Gasteiger partial charge in [-0.25, -0.2) is 16.8 Å². The van der Waals surface area contributed by atoms with E-state index in [-0.39, 0.29) is 49.5 Å². The Balaban J connectivity index is 1.84. The molecule has 0 aromatic heterocycles. The van der Waals surface area contributed by atoms with Crippen LogP contribution in [0.15, 0.2) is 46.2 Å². The highest BCUT2D eigenvalue weighted by atomic mass is 35.5. The van der Waals surface area contributed by atoms with Crippen LogP contribution in [0.4, 0.5) is 0 Å². The van der Waals surface area contributed by atoms with Crippen LogP contribution in [0.25, 0.3) is 0 Å². The fourth-order valence-electron chi connectivity index (χ4n) is 3.04. The molecule has 2 aromatic carbocycles. The van der Waals surface area contributed by atoms with Crippen molar-refractivity contribution in [2.24, 2.45) is 0 Å². The first-order valence-electron chi connectivity index (χ1n) is 8.36. The average Bonchev–Trinajstić information content (AvgIpc) is 2.65. The number of rotatable bonds is 4. The van der Waals surface area contributed by atoms with E-state index in [2.05, 4.69) is 0 Å². The molecule has 12 heteroatoms. The Morgan fingerprint density at radius 1 is 0.759 bits per heavy atom. The molecule has 1 atom stereocenters. The van der Waals surface area contributed by atoms with Gasteiger partial charge in [-0.1, -0.05) is 46.4 Å². The lowest BCUT2D eigenvalue weighted by molar-refractivity contribution is 0.212. The van der Waals surface area contributed by atoms with Gasteiger partial charge in [-0.3, -0.25) is 0 Å². The van der Waals surface area contributed by atoms with Gasteiger partial charge in [-0.2, -0.15) is 8.61 Å². The summed E-state index contributed by atoms with van der Waals surface area (Å²) in [6.07, 6.45) is 0. The molecule has 6 nitrogen and oxygen atoms in total. The number of benzene rings is 2. The number of halogens is 4. The molecule has 158 valence electrons. The summed E-state index contributed by atoms with van der Waals surface area (Å²) in [5.74, 6) is 0. The molecule has 0 N–H and O–H groups in total. The van der Waals surface area contributed by atoms with Crippen molar-refractivity contribution in [2.45, 2.75) is 22.8 Å². The van der Waals surface area contributed by atoms with E-state index in [1.54, 1.807) is 6.92 Å². The molecule has 0 bridgehead atoms.